The van der Waals surface area contributed by atoms with Crippen LogP contribution in [0, 0.1) is 0 Å². The average Bonchev–Trinajstić information content (AvgIpc) is 2.72. The van der Waals surface area contributed by atoms with E-state index in [4.69, 9.17) is 0 Å². The highest BCUT2D eigenvalue weighted by Gasteiger charge is 2.37. The highest BCUT2D eigenvalue weighted by atomic mass is 19.4. The van der Waals surface area contributed by atoms with E-state index in [0.717, 1.165) is 25.7 Å². The van der Waals surface area contributed by atoms with Gasteiger partial charge in [-0.15, -0.1) is 0 Å². The van der Waals surface area contributed by atoms with Gasteiger partial charge in [-0.3, -0.25) is 9.59 Å². The lowest BCUT2D eigenvalue weighted by atomic mass is 10.1. The first-order valence-electron chi connectivity index (χ1n) is 9.78. The van der Waals surface area contributed by atoms with Crippen LogP contribution in [-0.4, -0.2) is 23.3 Å². The fourth-order valence-electron chi connectivity index (χ4n) is 2.75. The Hall–Kier alpha value is -3.11. The van der Waals surface area contributed by atoms with Gasteiger partial charge in [0.05, 0.1) is 11.1 Å². The van der Waals surface area contributed by atoms with Crippen LogP contribution in [0.15, 0.2) is 36.4 Å². The van der Waals surface area contributed by atoms with Gasteiger partial charge >= 0.3 is 12.4 Å². The molecule has 0 spiro atoms. The van der Waals surface area contributed by atoms with Crippen molar-refractivity contribution < 1.29 is 35.9 Å². The number of nitrogens with one attached hydrogen (secondary N) is 2. The maximum absolute atomic E-state index is 13.0. The van der Waals surface area contributed by atoms with Gasteiger partial charge in [0.2, 0.25) is 0 Å². The van der Waals surface area contributed by atoms with Crippen molar-refractivity contribution >= 4 is 17.5 Å². The number of benzene rings is 1. The Kier molecular flexibility index (Phi) is 8.23. The minimum absolute atomic E-state index is 0.0423. The number of hydrogen-bond donors (Lipinski definition) is 2. The molecule has 11 heteroatoms. The molecule has 1 aromatic heterocycles. The Balaban J connectivity index is 2.17. The zero-order valence-corrected chi connectivity index (χ0v) is 17.0. The molecule has 0 aliphatic carbocycles. The van der Waals surface area contributed by atoms with Crippen LogP contribution in [0.25, 0.3) is 0 Å². The fourth-order valence-corrected chi connectivity index (χ4v) is 2.75. The van der Waals surface area contributed by atoms with Crippen molar-refractivity contribution in [3.63, 3.8) is 0 Å². The summed E-state index contributed by atoms with van der Waals surface area (Å²) in [6.07, 6.45) is -6.35. The summed E-state index contributed by atoms with van der Waals surface area (Å²) in [4.78, 5) is 28.4. The van der Waals surface area contributed by atoms with E-state index in [1.807, 2.05) is 12.2 Å². The maximum atomic E-state index is 13.0. The monoisotopic (exact) mass is 461 g/mol. The van der Waals surface area contributed by atoms with E-state index in [2.05, 4.69) is 10.3 Å². The van der Waals surface area contributed by atoms with Gasteiger partial charge in [-0.1, -0.05) is 32.3 Å². The molecule has 174 valence electrons. The number of pyridine rings is 1. The highest BCUT2D eigenvalue weighted by Crippen LogP contribution is 2.37. The Bertz CT molecular complexity index is 925. The average molecular weight is 461 g/mol. The first-order chi connectivity index (χ1) is 14.9. The van der Waals surface area contributed by atoms with Gasteiger partial charge in [-0.05, 0) is 36.8 Å². The van der Waals surface area contributed by atoms with Gasteiger partial charge < -0.3 is 10.6 Å². The number of carbonyl (C=O) groups excluding carboxylic acids is 2. The predicted octanol–water partition coefficient (Wildman–Crippen LogP) is 5.68. The van der Waals surface area contributed by atoms with E-state index >= 15 is 0 Å². The van der Waals surface area contributed by atoms with Gasteiger partial charge in [0, 0.05) is 12.2 Å². The summed E-state index contributed by atoms with van der Waals surface area (Å²) < 4.78 is 77.8. The molecule has 5 nitrogen and oxygen atoms in total. The van der Waals surface area contributed by atoms with Crippen molar-refractivity contribution in [1.82, 2.24) is 10.3 Å². The van der Waals surface area contributed by atoms with Crippen LogP contribution in [0.2, 0.25) is 0 Å². The number of halogens is 6. The Morgan fingerprint density at radius 2 is 1.41 bits per heavy atom. The summed E-state index contributed by atoms with van der Waals surface area (Å²) in [6, 6.07) is 4.59. The summed E-state index contributed by atoms with van der Waals surface area (Å²) in [5.74, 6) is -1.61. The molecule has 0 fully saturated rings. The van der Waals surface area contributed by atoms with Crippen LogP contribution >= 0.6 is 0 Å². The minimum Gasteiger partial charge on any atom is -0.351 e. The van der Waals surface area contributed by atoms with Crippen LogP contribution in [0.3, 0.4) is 0 Å². The molecule has 32 heavy (non-hydrogen) atoms. The van der Waals surface area contributed by atoms with Crippen LogP contribution in [-0.2, 0) is 12.4 Å². The lowest BCUT2D eigenvalue weighted by Gasteiger charge is -2.14. The van der Waals surface area contributed by atoms with Crippen molar-refractivity contribution in [1.29, 1.82) is 0 Å². The normalized spacial score (nSPS) is 11.8. The number of aromatic nitrogens is 1. The fraction of sp³-hybridized carbons (Fsp3) is 0.381. The number of anilines is 1. The van der Waals surface area contributed by atoms with Crippen molar-refractivity contribution in [2.24, 2.45) is 0 Å². The molecule has 2 rings (SSSR count). The van der Waals surface area contributed by atoms with E-state index in [1.54, 1.807) is 0 Å². The van der Waals surface area contributed by atoms with Crippen LogP contribution < -0.4 is 10.6 Å². The van der Waals surface area contributed by atoms with E-state index in [1.165, 1.54) is 18.2 Å². The molecular weight excluding hydrogens is 440 g/mol. The Morgan fingerprint density at radius 3 is 1.94 bits per heavy atom. The third kappa shape index (κ3) is 7.24. The summed E-state index contributed by atoms with van der Waals surface area (Å²) in [5, 5.41) is 4.62. The smallest absolute Gasteiger partial charge is 0.351 e. The SMILES string of the molecule is CCCCCCNC(=O)c1cccc(C(=O)Nc2cc(C(F)(F)F)cc(C(F)(F)F)c2)n1. The molecule has 0 aliphatic rings. The second-order valence-corrected chi connectivity index (χ2v) is 6.97. The molecule has 2 N–H and O–H groups in total. The van der Waals surface area contributed by atoms with Gasteiger partial charge in [0.15, 0.2) is 0 Å². The molecule has 2 aromatic rings. The molecule has 0 bridgehead atoms. The second-order valence-electron chi connectivity index (χ2n) is 6.97. The van der Waals surface area contributed by atoms with Crippen LogP contribution in [0.1, 0.15) is 64.7 Å². The van der Waals surface area contributed by atoms with E-state index < -0.39 is 41.0 Å². The first kappa shape index (κ1) is 25.2. The number of hydrogen-bond acceptors (Lipinski definition) is 3. The van der Waals surface area contributed by atoms with E-state index in [9.17, 15) is 35.9 Å². The van der Waals surface area contributed by atoms with E-state index in [0.29, 0.717) is 18.7 Å². The highest BCUT2D eigenvalue weighted by molar-refractivity contribution is 6.04. The maximum Gasteiger partial charge on any atom is 0.416 e. The third-order valence-corrected chi connectivity index (χ3v) is 4.38. The van der Waals surface area contributed by atoms with Gasteiger partial charge in [0.25, 0.3) is 11.8 Å². The van der Waals surface area contributed by atoms with Crippen LogP contribution in [0.5, 0.6) is 0 Å². The molecule has 1 aromatic carbocycles. The van der Waals surface area contributed by atoms with Crippen molar-refractivity contribution in [2.45, 2.75) is 45.0 Å². The second kappa shape index (κ2) is 10.5. The zero-order valence-electron chi connectivity index (χ0n) is 17.0. The number of nitrogens with zero attached hydrogens (tertiary/aromatic N) is 1. The summed E-state index contributed by atoms with van der Waals surface area (Å²) in [7, 11) is 0. The zero-order chi connectivity index (χ0) is 23.9. The van der Waals surface area contributed by atoms with E-state index in [-0.39, 0.29) is 17.5 Å². The Morgan fingerprint density at radius 1 is 0.844 bits per heavy atom. The number of unbranched alkanes of at least 4 members (excludes halogenated alkanes) is 3. The summed E-state index contributed by atoms with van der Waals surface area (Å²) in [5.41, 5.74) is -4.27. The molecule has 2 amide bonds. The van der Waals surface area contributed by atoms with Gasteiger partial charge in [0.1, 0.15) is 11.4 Å². The number of carbonyl (C=O) groups is 2. The van der Waals surface area contributed by atoms with Crippen molar-refractivity contribution in [2.75, 3.05) is 11.9 Å². The van der Waals surface area contributed by atoms with Crippen LogP contribution in [0.4, 0.5) is 32.0 Å². The molecule has 0 atom stereocenters. The molecule has 0 unspecified atom stereocenters. The lowest BCUT2D eigenvalue weighted by Crippen LogP contribution is -2.26. The topological polar surface area (TPSA) is 71.1 Å². The minimum atomic E-state index is -5.05. The Labute approximate surface area is 180 Å². The summed E-state index contributed by atoms with van der Waals surface area (Å²) >= 11 is 0. The number of amides is 2. The predicted molar refractivity (Wildman–Crippen MR) is 105 cm³/mol. The molecule has 0 radical (unpaired) electrons. The molecule has 0 saturated heterocycles. The standard InChI is InChI=1S/C21H21F6N3O2/c1-2-3-4-5-9-28-18(31)16-7-6-8-17(30-16)19(32)29-15-11-13(20(22,23)24)10-14(12-15)21(25,26)27/h6-8,10-12H,2-5,9H2,1H3,(H,28,31)(H,29,32). The molecular formula is C21H21F6N3O2. The lowest BCUT2D eigenvalue weighted by molar-refractivity contribution is -0.143. The largest absolute Gasteiger partial charge is 0.416 e. The number of rotatable bonds is 8. The molecule has 0 saturated carbocycles. The molecule has 1 heterocycles. The van der Waals surface area contributed by atoms with Crippen molar-refractivity contribution in [3.8, 4) is 0 Å². The molecule has 0 aliphatic heterocycles. The third-order valence-electron chi connectivity index (χ3n) is 4.38. The van der Waals surface area contributed by atoms with Gasteiger partial charge in [-0.25, -0.2) is 4.98 Å². The quantitative estimate of drug-likeness (QED) is 0.392. The van der Waals surface area contributed by atoms with Gasteiger partial charge in [-0.2, -0.15) is 26.3 Å². The first-order valence-corrected chi connectivity index (χ1v) is 9.78. The number of alkyl halides is 6. The van der Waals surface area contributed by atoms with Crippen molar-refractivity contribution in [3.05, 3.63) is 58.9 Å². The summed E-state index contributed by atoms with van der Waals surface area (Å²) in [6.45, 7) is 2.45.